The average molecular weight is 510 g/mol. The molecule has 1 heterocycles. The van der Waals surface area contributed by atoms with Crippen molar-refractivity contribution < 1.29 is 27.5 Å². The Morgan fingerprint density at radius 3 is 2.14 bits per heavy atom. The second kappa shape index (κ2) is 11.8. The van der Waals surface area contributed by atoms with Crippen molar-refractivity contribution >= 4 is 27.5 Å². The normalized spacial score (nSPS) is 14.1. The Labute approximate surface area is 210 Å². The molecule has 0 radical (unpaired) electrons. The zero-order valence-corrected chi connectivity index (χ0v) is 20.4. The molecule has 188 valence electrons. The first-order chi connectivity index (χ1) is 17.4. The summed E-state index contributed by atoms with van der Waals surface area (Å²) in [6.07, 6.45) is 0.447. The molecule has 0 bridgehead atoms. The van der Waals surface area contributed by atoms with E-state index in [1.54, 1.807) is 48.5 Å². The third-order valence-electron chi connectivity index (χ3n) is 5.53. The highest BCUT2D eigenvalue weighted by Crippen LogP contribution is 2.22. The summed E-state index contributed by atoms with van der Waals surface area (Å²) in [7, 11) is -3.55. The van der Waals surface area contributed by atoms with Gasteiger partial charge in [0.25, 0.3) is 0 Å². The molecule has 0 unspecified atom stereocenters. The molecule has 36 heavy (non-hydrogen) atoms. The molecule has 10 heteroatoms. The summed E-state index contributed by atoms with van der Waals surface area (Å²) < 4.78 is 37.7. The van der Waals surface area contributed by atoms with Gasteiger partial charge in [0, 0.05) is 25.3 Å². The van der Waals surface area contributed by atoms with Gasteiger partial charge in [-0.3, -0.25) is 9.59 Å². The zero-order chi connectivity index (χ0) is 25.4. The summed E-state index contributed by atoms with van der Waals surface area (Å²) in [4.78, 5) is 24.6. The van der Waals surface area contributed by atoms with Crippen LogP contribution in [0.1, 0.15) is 5.56 Å². The quantitative estimate of drug-likeness (QED) is 0.452. The van der Waals surface area contributed by atoms with Crippen molar-refractivity contribution in [2.24, 2.45) is 0 Å². The van der Waals surface area contributed by atoms with E-state index in [9.17, 15) is 18.0 Å². The van der Waals surface area contributed by atoms with Gasteiger partial charge in [-0.1, -0.05) is 30.3 Å². The lowest BCUT2D eigenvalue weighted by Crippen LogP contribution is -2.40. The van der Waals surface area contributed by atoms with Crippen LogP contribution in [-0.2, 0) is 30.8 Å². The predicted molar refractivity (Wildman–Crippen MR) is 134 cm³/mol. The summed E-state index contributed by atoms with van der Waals surface area (Å²) >= 11 is 0. The summed E-state index contributed by atoms with van der Waals surface area (Å²) in [5.41, 5.74) is 1.30. The van der Waals surface area contributed by atoms with E-state index in [4.69, 9.17) is 9.47 Å². The lowest BCUT2D eigenvalue weighted by atomic mass is 10.1. The van der Waals surface area contributed by atoms with Crippen LogP contribution in [-0.4, -0.2) is 57.4 Å². The van der Waals surface area contributed by atoms with Crippen LogP contribution in [0.25, 0.3) is 0 Å². The van der Waals surface area contributed by atoms with Crippen LogP contribution in [0, 0.1) is 0 Å². The van der Waals surface area contributed by atoms with Crippen molar-refractivity contribution in [1.29, 1.82) is 0 Å². The fourth-order valence-electron chi connectivity index (χ4n) is 3.58. The lowest BCUT2D eigenvalue weighted by Gasteiger charge is -2.26. The number of benzene rings is 3. The number of carbonyl (C=O) groups is 2. The Morgan fingerprint density at radius 2 is 1.47 bits per heavy atom. The monoisotopic (exact) mass is 509 g/mol. The van der Waals surface area contributed by atoms with E-state index < -0.39 is 21.8 Å². The zero-order valence-electron chi connectivity index (χ0n) is 19.6. The number of nitrogens with zero attached hydrogens (tertiary/aromatic N) is 1. The van der Waals surface area contributed by atoms with Crippen molar-refractivity contribution in [3.8, 4) is 11.5 Å². The van der Waals surface area contributed by atoms with Gasteiger partial charge in [-0.05, 0) is 60.5 Å². The van der Waals surface area contributed by atoms with Crippen molar-refractivity contribution in [2.45, 2.75) is 11.3 Å². The summed E-state index contributed by atoms with van der Waals surface area (Å²) in [5, 5.41) is 5.13. The van der Waals surface area contributed by atoms with Gasteiger partial charge in [0.1, 0.15) is 11.5 Å². The van der Waals surface area contributed by atoms with Gasteiger partial charge in [0.05, 0.1) is 18.1 Å². The van der Waals surface area contributed by atoms with Crippen molar-refractivity contribution in [1.82, 2.24) is 9.62 Å². The molecule has 1 saturated heterocycles. The molecule has 4 rings (SSSR count). The number of sulfonamides is 1. The SMILES string of the molecule is O=C(NCCc1ccc(S(=O)(=O)N2CCOCC2)cc1)C(=O)Nc1ccc(Oc2ccccc2)cc1. The fraction of sp³-hybridized carbons (Fsp3) is 0.231. The second-order valence-corrected chi connectivity index (χ2v) is 10.00. The Hall–Kier alpha value is -3.73. The van der Waals surface area contributed by atoms with Gasteiger partial charge >= 0.3 is 11.8 Å². The largest absolute Gasteiger partial charge is 0.457 e. The van der Waals surface area contributed by atoms with Gasteiger partial charge in [-0.15, -0.1) is 0 Å². The molecule has 0 spiro atoms. The maximum Gasteiger partial charge on any atom is 0.313 e. The van der Waals surface area contributed by atoms with E-state index in [-0.39, 0.29) is 11.4 Å². The van der Waals surface area contributed by atoms with Gasteiger partial charge < -0.3 is 20.1 Å². The predicted octanol–water partition coefficient (Wildman–Crippen LogP) is 2.80. The number of amides is 2. The van der Waals surface area contributed by atoms with Gasteiger partial charge in [-0.2, -0.15) is 4.31 Å². The van der Waals surface area contributed by atoms with Crippen LogP contribution in [0.5, 0.6) is 11.5 Å². The Bertz CT molecular complexity index is 1270. The number of hydrogen-bond acceptors (Lipinski definition) is 6. The first-order valence-electron chi connectivity index (χ1n) is 11.5. The maximum atomic E-state index is 12.7. The van der Waals surface area contributed by atoms with Crippen LogP contribution in [0.3, 0.4) is 0 Å². The van der Waals surface area contributed by atoms with Gasteiger partial charge in [0.15, 0.2) is 0 Å². The number of rotatable bonds is 8. The minimum atomic E-state index is -3.55. The van der Waals surface area contributed by atoms with Crippen molar-refractivity contribution in [3.63, 3.8) is 0 Å². The highest BCUT2D eigenvalue weighted by atomic mass is 32.2. The molecule has 2 N–H and O–H groups in total. The van der Waals surface area contributed by atoms with E-state index in [0.29, 0.717) is 49.9 Å². The molecule has 0 saturated carbocycles. The number of hydrogen-bond donors (Lipinski definition) is 2. The van der Waals surface area contributed by atoms with Crippen molar-refractivity contribution in [2.75, 3.05) is 38.2 Å². The summed E-state index contributed by atoms with van der Waals surface area (Å²) in [5.74, 6) is -0.237. The van der Waals surface area contributed by atoms with Crippen LogP contribution in [0.2, 0.25) is 0 Å². The lowest BCUT2D eigenvalue weighted by molar-refractivity contribution is -0.136. The highest BCUT2D eigenvalue weighted by Gasteiger charge is 2.26. The average Bonchev–Trinajstić information content (AvgIpc) is 2.91. The minimum Gasteiger partial charge on any atom is -0.457 e. The Morgan fingerprint density at radius 1 is 0.833 bits per heavy atom. The van der Waals surface area contributed by atoms with Gasteiger partial charge in [0.2, 0.25) is 10.0 Å². The van der Waals surface area contributed by atoms with Crippen LogP contribution in [0.15, 0.2) is 83.8 Å². The number of para-hydroxylation sites is 1. The smallest absolute Gasteiger partial charge is 0.313 e. The number of nitrogens with one attached hydrogen (secondary N) is 2. The second-order valence-electron chi connectivity index (χ2n) is 8.06. The molecule has 1 aliphatic heterocycles. The molecule has 3 aromatic rings. The van der Waals surface area contributed by atoms with Crippen LogP contribution < -0.4 is 15.4 Å². The molecule has 2 amide bonds. The number of anilines is 1. The fourth-order valence-corrected chi connectivity index (χ4v) is 4.99. The Balaban J connectivity index is 1.22. The van der Waals surface area contributed by atoms with E-state index in [1.165, 1.54) is 4.31 Å². The van der Waals surface area contributed by atoms with Crippen LogP contribution >= 0.6 is 0 Å². The van der Waals surface area contributed by atoms with E-state index in [1.807, 2.05) is 30.3 Å². The van der Waals surface area contributed by atoms with E-state index >= 15 is 0 Å². The third kappa shape index (κ3) is 6.69. The standard InChI is InChI=1S/C26H27N3O6S/c30-25(26(31)28-21-8-10-23(11-9-21)35-22-4-2-1-3-5-22)27-15-14-20-6-12-24(13-7-20)36(32,33)29-16-18-34-19-17-29/h1-13H,14-19H2,(H,27,30)(H,28,31). The topological polar surface area (TPSA) is 114 Å². The number of morpholine rings is 1. The van der Waals surface area contributed by atoms with Crippen molar-refractivity contribution in [3.05, 3.63) is 84.4 Å². The molecule has 0 aromatic heterocycles. The number of carbonyl (C=O) groups excluding carboxylic acids is 2. The first-order valence-corrected chi connectivity index (χ1v) is 12.9. The molecule has 1 fully saturated rings. The van der Waals surface area contributed by atoms with Crippen LogP contribution in [0.4, 0.5) is 5.69 Å². The molecule has 1 aliphatic rings. The molecule has 0 aliphatic carbocycles. The van der Waals surface area contributed by atoms with Gasteiger partial charge in [-0.25, -0.2) is 8.42 Å². The number of ether oxygens (including phenoxy) is 2. The van der Waals surface area contributed by atoms with E-state index in [0.717, 1.165) is 5.56 Å². The minimum absolute atomic E-state index is 0.219. The molecule has 0 atom stereocenters. The summed E-state index contributed by atoms with van der Waals surface area (Å²) in [6.45, 7) is 1.68. The Kier molecular flexibility index (Phi) is 8.32. The molecular formula is C26H27N3O6S. The summed E-state index contributed by atoms with van der Waals surface area (Å²) in [6, 6.07) is 22.5. The first kappa shape index (κ1) is 25.4. The molecule has 3 aromatic carbocycles. The van der Waals surface area contributed by atoms with E-state index in [2.05, 4.69) is 10.6 Å². The molecular weight excluding hydrogens is 482 g/mol. The molecule has 9 nitrogen and oxygen atoms in total. The third-order valence-corrected chi connectivity index (χ3v) is 7.44. The maximum absolute atomic E-state index is 12.7. The highest BCUT2D eigenvalue weighted by molar-refractivity contribution is 7.89.